The van der Waals surface area contributed by atoms with Crippen LogP contribution in [0.4, 0.5) is 0 Å². The van der Waals surface area contributed by atoms with E-state index in [9.17, 15) is 4.79 Å². The molecule has 0 fully saturated rings. The molecule has 3 rings (SSSR count). The van der Waals surface area contributed by atoms with Crippen molar-refractivity contribution in [2.24, 2.45) is 4.99 Å². The Kier molecular flexibility index (Phi) is 6.50. The standard InChI is InChI=1S/C22H21ClN2O3/c1-25(2)15-24-22(26)21-11-9-19(28-21)13-17-12-18(23)8-10-20(17)27-14-16-6-4-3-5-7-16/h3-12,15H,13-14H2,1-2H3. The quantitative estimate of drug-likeness (QED) is 0.424. The van der Waals surface area contributed by atoms with Crippen LogP contribution in [-0.4, -0.2) is 31.2 Å². The highest BCUT2D eigenvalue weighted by Crippen LogP contribution is 2.27. The Hall–Kier alpha value is -3.05. The summed E-state index contributed by atoms with van der Waals surface area (Å²) in [6.07, 6.45) is 1.90. The molecule has 0 saturated carbocycles. The van der Waals surface area contributed by atoms with Crippen LogP contribution in [0.1, 0.15) is 27.4 Å². The van der Waals surface area contributed by atoms with Crippen LogP contribution in [0.15, 0.2) is 70.1 Å². The van der Waals surface area contributed by atoms with Crippen molar-refractivity contribution in [3.05, 3.63) is 88.3 Å². The van der Waals surface area contributed by atoms with Gasteiger partial charge in [-0.3, -0.25) is 4.79 Å². The number of amides is 1. The molecule has 1 heterocycles. The number of hydrogen-bond donors (Lipinski definition) is 0. The Balaban J connectivity index is 1.73. The number of halogens is 1. The van der Waals surface area contributed by atoms with E-state index < -0.39 is 5.91 Å². The van der Waals surface area contributed by atoms with Gasteiger partial charge < -0.3 is 14.1 Å². The van der Waals surface area contributed by atoms with Crippen molar-refractivity contribution >= 4 is 23.8 Å². The summed E-state index contributed by atoms with van der Waals surface area (Å²) in [7, 11) is 3.58. The van der Waals surface area contributed by atoms with Crippen LogP contribution >= 0.6 is 11.6 Å². The average Bonchev–Trinajstić information content (AvgIpc) is 3.15. The molecule has 6 heteroatoms. The normalized spacial score (nSPS) is 11.0. The summed E-state index contributed by atoms with van der Waals surface area (Å²) in [6.45, 7) is 0.455. The fourth-order valence-corrected chi connectivity index (χ4v) is 2.76. The number of rotatable bonds is 7. The molecule has 144 valence electrons. The van der Waals surface area contributed by atoms with Gasteiger partial charge in [0.25, 0.3) is 0 Å². The zero-order valence-electron chi connectivity index (χ0n) is 15.8. The second kappa shape index (κ2) is 9.24. The first-order valence-corrected chi connectivity index (χ1v) is 9.18. The minimum absolute atomic E-state index is 0.196. The van der Waals surface area contributed by atoms with Gasteiger partial charge in [0.1, 0.15) is 18.1 Å². The summed E-state index contributed by atoms with van der Waals surface area (Å²) in [5.41, 5.74) is 1.96. The van der Waals surface area contributed by atoms with E-state index in [-0.39, 0.29) is 5.76 Å². The summed E-state index contributed by atoms with van der Waals surface area (Å²) < 4.78 is 11.6. The minimum Gasteiger partial charge on any atom is -0.489 e. The lowest BCUT2D eigenvalue weighted by Crippen LogP contribution is -2.09. The maximum Gasteiger partial charge on any atom is 0.314 e. The van der Waals surface area contributed by atoms with E-state index in [1.807, 2.05) is 42.5 Å². The Bertz CT molecular complexity index is 965. The van der Waals surface area contributed by atoms with Crippen molar-refractivity contribution in [1.29, 1.82) is 0 Å². The Morgan fingerprint density at radius 1 is 1.14 bits per heavy atom. The molecular weight excluding hydrogens is 376 g/mol. The molecule has 3 aromatic rings. The number of ether oxygens (including phenoxy) is 1. The van der Waals surface area contributed by atoms with Gasteiger partial charge in [0.15, 0.2) is 5.76 Å². The van der Waals surface area contributed by atoms with Gasteiger partial charge in [-0.2, -0.15) is 4.99 Å². The molecule has 0 spiro atoms. The monoisotopic (exact) mass is 396 g/mol. The van der Waals surface area contributed by atoms with Gasteiger partial charge in [-0.15, -0.1) is 0 Å². The molecule has 5 nitrogen and oxygen atoms in total. The summed E-state index contributed by atoms with van der Waals surface area (Å²) in [5, 5.41) is 0.612. The van der Waals surface area contributed by atoms with E-state index in [2.05, 4.69) is 4.99 Å². The Labute approximate surface area is 169 Å². The molecule has 0 aliphatic carbocycles. The van der Waals surface area contributed by atoms with Gasteiger partial charge in [0.2, 0.25) is 0 Å². The van der Waals surface area contributed by atoms with Crippen molar-refractivity contribution in [1.82, 2.24) is 4.90 Å². The fraction of sp³-hybridized carbons (Fsp3) is 0.182. The van der Waals surface area contributed by atoms with Crippen LogP contribution in [0.3, 0.4) is 0 Å². The third-order valence-corrected chi connectivity index (χ3v) is 4.14. The van der Waals surface area contributed by atoms with Crippen LogP contribution < -0.4 is 4.74 Å². The maximum atomic E-state index is 12.0. The number of hydrogen-bond acceptors (Lipinski definition) is 3. The smallest absolute Gasteiger partial charge is 0.314 e. The third-order valence-electron chi connectivity index (χ3n) is 3.90. The number of carbonyl (C=O) groups excluding carboxylic acids is 1. The predicted octanol–water partition coefficient (Wildman–Crippen LogP) is 4.83. The fourth-order valence-electron chi connectivity index (χ4n) is 2.57. The van der Waals surface area contributed by atoms with Crippen LogP contribution in [0.25, 0.3) is 0 Å². The van der Waals surface area contributed by atoms with E-state index >= 15 is 0 Å². The van der Waals surface area contributed by atoms with Gasteiger partial charge in [-0.1, -0.05) is 41.9 Å². The van der Waals surface area contributed by atoms with E-state index in [4.69, 9.17) is 20.8 Å². The van der Waals surface area contributed by atoms with E-state index in [1.54, 1.807) is 37.2 Å². The third kappa shape index (κ3) is 5.47. The molecule has 0 N–H and O–H groups in total. The van der Waals surface area contributed by atoms with Crippen LogP contribution in [0.2, 0.25) is 5.02 Å². The first-order chi connectivity index (χ1) is 13.5. The van der Waals surface area contributed by atoms with Crippen LogP contribution in [0, 0.1) is 0 Å². The van der Waals surface area contributed by atoms with E-state index in [0.717, 1.165) is 16.9 Å². The van der Waals surface area contributed by atoms with Crippen LogP contribution in [0.5, 0.6) is 5.75 Å². The molecule has 0 aliphatic heterocycles. The van der Waals surface area contributed by atoms with Crippen molar-refractivity contribution < 1.29 is 13.9 Å². The first kappa shape index (κ1) is 19.7. The highest BCUT2D eigenvalue weighted by Gasteiger charge is 2.13. The molecule has 0 unspecified atom stereocenters. The first-order valence-electron chi connectivity index (χ1n) is 8.80. The van der Waals surface area contributed by atoms with Gasteiger partial charge in [0.05, 0.1) is 6.34 Å². The average molecular weight is 397 g/mol. The summed E-state index contributed by atoms with van der Waals surface area (Å²) in [4.78, 5) is 17.5. The highest BCUT2D eigenvalue weighted by molar-refractivity contribution is 6.30. The molecule has 0 radical (unpaired) electrons. The summed E-state index contributed by atoms with van der Waals surface area (Å²) >= 11 is 6.16. The largest absolute Gasteiger partial charge is 0.489 e. The van der Waals surface area contributed by atoms with Crippen molar-refractivity contribution in [2.75, 3.05) is 14.1 Å². The van der Waals surface area contributed by atoms with E-state index in [1.165, 1.54) is 6.34 Å². The number of furan rings is 1. The lowest BCUT2D eigenvalue weighted by atomic mass is 10.1. The zero-order valence-corrected chi connectivity index (χ0v) is 16.5. The topological polar surface area (TPSA) is 55.0 Å². The highest BCUT2D eigenvalue weighted by atomic mass is 35.5. The van der Waals surface area contributed by atoms with Gasteiger partial charge in [-0.25, -0.2) is 0 Å². The maximum absolute atomic E-state index is 12.0. The lowest BCUT2D eigenvalue weighted by molar-refractivity contribution is 0.0974. The van der Waals surface area contributed by atoms with Crippen LogP contribution in [-0.2, 0) is 13.0 Å². The molecule has 0 aliphatic rings. The minimum atomic E-state index is -0.424. The molecule has 0 saturated heterocycles. The molecule has 0 atom stereocenters. The van der Waals surface area contributed by atoms with Crippen molar-refractivity contribution in [2.45, 2.75) is 13.0 Å². The molecule has 28 heavy (non-hydrogen) atoms. The summed E-state index contributed by atoms with van der Waals surface area (Å²) in [5.74, 6) is 1.13. The zero-order chi connectivity index (χ0) is 19.9. The SMILES string of the molecule is CN(C)C=NC(=O)c1ccc(Cc2cc(Cl)ccc2OCc2ccccc2)o1. The van der Waals surface area contributed by atoms with Crippen molar-refractivity contribution in [3.8, 4) is 5.75 Å². The van der Waals surface area contributed by atoms with E-state index in [0.29, 0.717) is 23.8 Å². The lowest BCUT2D eigenvalue weighted by Gasteiger charge is -2.11. The number of aliphatic imine (C=N–C) groups is 1. The molecule has 0 bridgehead atoms. The number of carbonyl (C=O) groups is 1. The predicted molar refractivity (Wildman–Crippen MR) is 110 cm³/mol. The van der Waals surface area contributed by atoms with Crippen molar-refractivity contribution in [3.63, 3.8) is 0 Å². The molecule has 1 aromatic heterocycles. The Morgan fingerprint density at radius 3 is 2.68 bits per heavy atom. The second-order valence-corrected chi connectivity index (χ2v) is 6.92. The summed E-state index contributed by atoms with van der Waals surface area (Å²) in [6, 6.07) is 18.8. The second-order valence-electron chi connectivity index (χ2n) is 6.48. The van der Waals surface area contributed by atoms with Gasteiger partial charge in [0, 0.05) is 31.1 Å². The molecule has 2 aromatic carbocycles. The van der Waals surface area contributed by atoms with Gasteiger partial charge in [-0.05, 0) is 35.9 Å². The number of nitrogens with zero attached hydrogens (tertiary/aromatic N) is 2. The Morgan fingerprint density at radius 2 is 1.93 bits per heavy atom. The van der Waals surface area contributed by atoms with Gasteiger partial charge >= 0.3 is 5.91 Å². The molecular formula is C22H21ClN2O3. The number of benzene rings is 2. The molecule has 1 amide bonds.